The van der Waals surface area contributed by atoms with Gasteiger partial charge in [0.05, 0.1) is 5.56 Å². The van der Waals surface area contributed by atoms with Crippen LogP contribution < -0.4 is 11.1 Å². The van der Waals surface area contributed by atoms with Crippen molar-refractivity contribution >= 4 is 33.2 Å². The molecule has 0 fully saturated rings. The van der Waals surface area contributed by atoms with Crippen LogP contribution in [-0.4, -0.2) is 5.91 Å². The van der Waals surface area contributed by atoms with Crippen LogP contribution >= 0.6 is 15.9 Å². The minimum absolute atomic E-state index is 0.200. The maximum Gasteiger partial charge on any atom is 0.257 e. The lowest BCUT2D eigenvalue weighted by Crippen LogP contribution is -2.14. The van der Waals surface area contributed by atoms with Gasteiger partial charge in [-0.05, 0) is 36.8 Å². The normalized spacial score (nSPS) is 10.1. The number of nitrogens with one attached hydrogen (secondary N) is 1. The lowest BCUT2D eigenvalue weighted by atomic mass is 10.1. The third-order valence-electron chi connectivity index (χ3n) is 2.65. The number of carbonyl (C=O) groups is 1. The van der Waals surface area contributed by atoms with Crippen molar-refractivity contribution in [2.24, 2.45) is 0 Å². The van der Waals surface area contributed by atoms with Crippen molar-refractivity contribution in [2.75, 3.05) is 11.1 Å². The first-order chi connectivity index (χ1) is 8.58. The van der Waals surface area contributed by atoms with E-state index in [-0.39, 0.29) is 5.91 Å². The van der Waals surface area contributed by atoms with Crippen molar-refractivity contribution in [3.8, 4) is 0 Å². The molecule has 0 aliphatic heterocycles. The van der Waals surface area contributed by atoms with Gasteiger partial charge in [-0.2, -0.15) is 0 Å². The summed E-state index contributed by atoms with van der Waals surface area (Å²) >= 11 is 3.38. The highest BCUT2D eigenvalue weighted by atomic mass is 79.9. The molecule has 0 bridgehead atoms. The first kappa shape index (κ1) is 12.6. The van der Waals surface area contributed by atoms with Gasteiger partial charge in [0.15, 0.2) is 0 Å². The summed E-state index contributed by atoms with van der Waals surface area (Å²) in [6.45, 7) is 1.94. The predicted molar refractivity (Wildman–Crippen MR) is 77.7 cm³/mol. The van der Waals surface area contributed by atoms with Crippen LogP contribution in [0.4, 0.5) is 11.4 Å². The van der Waals surface area contributed by atoms with Crippen LogP contribution in [0.25, 0.3) is 0 Å². The molecule has 0 radical (unpaired) electrons. The van der Waals surface area contributed by atoms with E-state index in [1.807, 2.05) is 25.1 Å². The summed E-state index contributed by atoms with van der Waals surface area (Å²) in [5, 5.41) is 2.86. The van der Waals surface area contributed by atoms with Crippen molar-refractivity contribution in [3.05, 3.63) is 58.1 Å². The van der Waals surface area contributed by atoms with E-state index < -0.39 is 0 Å². The largest absolute Gasteiger partial charge is 0.398 e. The van der Waals surface area contributed by atoms with Gasteiger partial charge < -0.3 is 11.1 Å². The molecule has 3 N–H and O–H groups in total. The molecule has 18 heavy (non-hydrogen) atoms. The lowest BCUT2D eigenvalue weighted by molar-refractivity contribution is 0.102. The number of hydrogen-bond acceptors (Lipinski definition) is 2. The monoisotopic (exact) mass is 304 g/mol. The summed E-state index contributed by atoms with van der Waals surface area (Å²) in [6, 6.07) is 12.7. The second kappa shape index (κ2) is 5.23. The maximum absolute atomic E-state index is 12.1. The highest BCUT2D eigenvalue weighted by Crippen LogP contribution is 2.22. The van der Waals surface area contributed by atoms with Crippen LogP contribution in [0.1, 0.15) is 15.9 Å². The van der Waals surface area contributed by atoms with Gasteiger partial charge in [-0.15, -0.1) is 0 Å². The summed E-state index contributed by atoms with van der Waals surface area (Å²) in [7, 11) is 0. The molecular weight excluding hydrogens is 292 g/mol. The average Bonchev–Trinajstić information content (AvgIpc) is 2.34. The zero-order chi connectivity index (χ0) is 13.1. The van der Waals surface area contributed by atoms with E-state index in [1.54, 1.807) is 24.3 Å². The number of carbonyl (C=O) groups excluding carboxylic acids is 1. The molecule has 2 rings (SSSR count). The van der Waals surface area contributed by atoms with E-state index in [4.69, 9.17) is 5.73 Å². The van der Waals surface area contributed by atoms with E-state index in [0.717, 1.165) is 15.7 Å². The molecule has 0 aliphatic carbocycles. The van der Waals surface area contributed by atoms with Crippen LogP contribution in [0, 0.1) is 6.92 Å². The molecule has 0 aromatic heterocycles. The molecule has 0 atom stereocenters. The third-order valence-corrected chi connectivity index (χ3v) is 3.15. The SMILES string of the molecule is Cc1ccc(Br)cc1NC(=O)c1ccccc1N. The molecule has 0 heterocycles. The van der Waals surface area contributed by atoms with Crippen molar-refractivity contribution in [1.82, 2.24) is 0 Å². The first-order valence-electron chi connectivity index (χ1n) is 5.50. The molecule has 3 nitrogen and oxygen atoms in total. The smallest absolute Gasteiger partial charge is 0.257 e. The minimum atomic E-state index is -0.200. The Morgan fingerprint density at radius 2 is 1.94 bits per heavy atom. The highest BCUT2D eigenvalue weighted by Gasteiger charge is 2.10. The third kappa shape index (κ3) is 2.71. The van der Waals surface area contributed by atoms with E-state index in [0.29, 0.717) is 11.3 Å². The molecule has 0 saturated heterocycles. The molecule has 1 amide bonds. The second-order valence-corrected chi connectivity index (χ2v) is 4.92. The number of rotatable bonds is 2. The number of benzene rings is 2. The Morgan fingerprint density at radius 3 is 2.67 bits per heavy atom. The summed E-state index contributed by atoms with van der Waals surface area (Å²) in [5.41, 5.74) is 8.51. The van der Waals surface area contributed by atoms with Crippen molar-refractivity contribution < 1.29 is 4.79 Å². The summed E-state index contributed by atoms with van der Waals surface area (Å²) < 4.78 is 0.921. The van der Waals surface area contributed by atoms with Gasteiger partial charge in [0, 0.05) is 15.8 Å². The first-order valence-corrected chi connectivity index (χ1v) is 6.29. The molecule has 0 unspecified atom stereocenters. The van der Waals surface area contributed by atoms with Crippen molar-refractivity contribution in [3.63, 3.8) is 0 Å². The summed E-state index contributed by atoms with van der Waals surface area (Å²) in [6.07, 6.45) is 0. The van der Waals surface area contributed by atoms with E-state index in [9.17, 15) is 4.79 Å². The topological polar surface area (TPSA) is 55.1 Å². The Bertz CT molecular complexity index is 596. The average molecular weight is 305 g/mol. The Labute approximate surface area is 114 Å². The van der Waals surface area contributed by atoms with Crippen molar-refractivity contribution in [1.29, 1.82) is 0 Å². The molecule has 2 aromatic rings. The van der Waals surface area contributed by atoms with Crippen LogP contribution in [0.5, 0.6) is 0 Å². The number of nitrogen functional groups attached to an aromatic ring is 1. The molecular formula is C14H13BrN2O. The van der Waals surface area contributed by atoms with Crippen LogP contribution in [0.15, 0.2) is 46.9 Å². The van der Waals surface area contributed by atoms with Gasteiger partial charge in [0.1, 0.15) is 0 Å². The number of halogens is 1. The minimum Gasteiger partial charge on any atom is -0.398 e. The molecule has 0 saturated carbocycles. The van der Waals surface area contributed by atoms with E-state index in [2.05, 4.69) is 21.2 Å². The number of hydrogen-bond donors (Lipinski definition) is 2. The Morgan fingerprint density at radius 1 is 1.22 bits per heavy atom. The molecule has 0 aliphatic rings. The lowest BCUT2D eigenvalue weighted by Gasteiger charge is -2.10. The Balaban J connectivity index is 2.27. The number of aryl methyl sites for hydroxylation is 1. The van der Waals surface area contributed by atoms with Crippen LogP contribution in [0.3, 0.4) is 0 Å². The fourth-order valence-corrected chi connectivity index (χ4v) is 1.98. The summed E-state index contributed by atoms with van der Waals surface area (Å²) in [4.78, 5) is 12.1. The van der Waals surface area contributed by atoms with Gasteiger partial charge in [0.25, 0.3) is 5.91 Å². The molecule has 2 aromatic carbocycles. The summed E-state index contributed by atoms with van der Waals surface area (Å²) in [5.74, 6) is -0.200. The molecule has 0 spiro atoms. The zero-order valence-corrected chi connectivity index (χ0v) is 11.5. The van der Waals surface area contributed by atoms with E-state index >= 15 is 0 Å². The zero-order valence-electron chi connectivity index (χ0n) is 9.91. The maximum atomic E-state index is 12.1. The predicted octanol–water partition coefficient (Wildman–Crippen LogP) is 3.59. The fourth-order valence-electron chi connectivity index (χ4n) is 1.62. The van der Waals surface area contributed by atoms with Gasteiger partial charge >= 0.3 is 0 Å². The van der Waals surface area contributed by atoms with Gasteiger partial charge in [-0.25, -0.2) is 0 Å². The number of anilines is 2. The standard InChI is InChI=1S/C14H13BrN2O/c1-9-6-7-10(15)8-13(9)17-14(18)11-4-2-3-5-12(11)16/h2-8H,16H2,1H3,(H,17,18). The molecule has 4 heteroatoms. The number of para-hydroxylation sites is 1. The Kier molecular flexibility index (Phi) is 3.67. The van der Waals surface area contributed by atoms with Crippen molar-refractivity contribution in [2.45, 2.75) is 6.92 Å². The number of nitrogens with two attached hydrogens (primary N) is 1. The van der Waals surface area contributed by atoms with Gasteiger partial charge in [-0.3, -0.25) is 4.79 Å². The van der Waals surface area contributed by atoms with Crippen LogP contribution in [0.2, 0.25) is 0 Å². The van der Waals surface area contributed by atoms with Crippen LogP contribution in [-0.2, 0) is 0 Å². The quantitative estimate of drug-likeness (QED) is 0.833. The van der Waals surface area contributed by atoms with Gasteiger partial charge in [-0.1, -0.05) is 34.1 Å². The van der Waals surface area contributed by atoms with Gasteiger partial charge in [0.2, 0.25) is 0 Å². The Hall–Kier alpha value is -1.81. The fraction of sp³-hybridized carbons (Fsp3) is 0.0714. The van der Waals surface area contributed by atoms with E-state index in [1.165, 1.54) is 0 Å². The number of amides is 1. The highest BCUT2D eigenvalue weighted by molar-refractivity contribution is 9.10. The molecule has 92 valence electrons. The second-order valence-electron chi connectivity index (χ2n) is 4.00.